The molecule has 0 saturated carbocycles. The van der Waals surface area contributed by atoms with Gasteiger partial charge in [-0.2, -0.15) is 0 Å². The van der Waals surface area contributed by atoms with Crippen LogP contribution in [0.4, 0.5) is 34.1 Å². The first-order valence-electron chi connectivity index (χ1n) is 13.4. The van der Waals surface area contributed by atoms with Crippen LogP contribution < -0.4 is 20.1 Å². The van der Waals surface area contributed by atoms with Crippen LogP contribution >= 0.6 is 0 Å². The number of benzene rings is 4. The van der Waals surface area contributed by atoms with Crippen molar-refractivity contribution in [3.63, 3.8) is 0 Å². The lowest BCUT2D eigenvalue weighted by Crippen LogP contribution is -2.17. The number of hydrogen-bond donors (Lipinski definition) is 2. The summed E-state index contributed by atoms with van der Waals surface area (Å²) in [5.41, 5.74) is -0.586. The summed E-state index contributed by atoms with van der Waals surface area (Å²) in [7, 11) is -9.36. The first-order valence-corrected chi connectivity index (χ1v) is 16.7. The molecule has 0 aliphatic rings. The Balaban J connectivity index is 1.64. The summed E-state index contributed by atoms with van der Waals surface area (Å²) in [4.78, 5) is 20.9. The molecule has 4 rings (SSSR count). The Morgan fingerprint density at radius 2 is 0.978 bits per heavy atom. The highest BCUT2D eigenvalue weighted by atomic mass is 32.3. The Bertz CT molecular complexity index is 1820. The molecule has 14 nitrogen and oxygen atoms in total. The molecule has 0 aliphatic heterocycles. The normalized spacial score (nSPS) is 11.4. The summed E-state index contributed by atoms with van der Waals surface area (Å²) in [6.45, 7) is 4.19. The van der Waals surface area contributed by atoms with E-state index >= 15 is 0 Å². The zero-order chi connectivity index (χ0) is 32.8. The van der Waals surface area contributed by atoms with Crippen LogP contribution in [-0.4, -0.2) is 45.0 Å². The van der Waals surface area contributed by atoms with Gasteiger partial charge in [0, 0.05) is 12.1 Å². The highest BCUT2D eigenvalue weighted by molar-refractivity contribution is 8.08. The SMILES string of the molecule is CCOc1ccccc1Nc1ccc(S(=O)(=O)CS(=O)(=O)c2ccc(Nc3ccccc3OCC)c([N+](=O)[O-])c2)cc1[N+](=O)[O-]. The first-order chi connectivity index (χ1) is 21.4. The largest absolute Gasteiger partial charge is 0.492 e. The van der Waals surface area contributed by atoms with Crippen LogP contribution in [0.1, 0.15) is 13.8 Å². The quantitative estimate of drug-likeness (QED) is 0.119. The topological polar surface area (TPSA) is 197 Å². The van der Waals surface area contributed by atoms with Crippen molar-refractivity contribution in [1.29, 1.82) is 0 Å². The van der Waals surface area contributed by atoms with E-state index in [4.69, 9.17) is 9.47 Å². The van der Waals surface area contributed by atoms with Gasteiger partial charge in [0.05, 0.1) is 44.2 Å². The van der Waals surface area contributed by atoms with Crippen molar-refractivity contribution < 1.29 is 36.2 Å². The number of nitrogens with zero attached hydrogens (tertiary/aromatic N) is 2. The van der Waals surface area contributed by atoms with Crippen LogP contribution in [0.3, 0.4) is 0 Å². The summed E-state index contributed by atoms with van der Waals surface area (Å²) < 4.78 is 63.9. The van der Waals surface area contributed by atoms with E-state index in [1.165, 1.54) is 0 Å². The standard InChI is InChI=1S/C29H28N4O10S2/c1-3-42-28-11-7-5-9-24(28)30-22-15-13-20(17-26(22)32(34)35)44(38,39)19-45(40,41)21-14-16-23(27(18-21)33(36)37)31-25-10-6-8-12-29(25)43-4-2/h5-18,30-31H,3-4,19H2,1-2H3. The van der Waals surface area contributed by atoms with Crippen LogP contribution in [0.5, 0.6) is 11.5 Å². The van der Waals surface area contributed by atoms with Crippen LogP contribution in [-0.2, 0) is 19.7 Å². The Morgan fingerprint density at radius 3 is 1.33 bits per heavy atom. The number of nitro benzene ring substituents is 2. The lowest BCUT2D eigenvalue weighted by molar-refractivity contribution is -0.384. The maximum Gasteiger partial charge on any atom is 0.293 e. The molecule has 16 heteroatoms. The number of para-hydroxylation sites is 4. The van der Waals surface area contributed by atoms with E-state index in [0.717, 1.165) is 36.4 Å². The Kier molecular flexibility index (Phi) is 9.88. The average molecular weight is 657 g/mol. The number of anilines is 4. The molecule has 236 valence electrons. The van der Waals surface area contributed by atoms with Gasteiger partial charge in [0.1, 0.15) is 22.9 Å². The van der Waals surface area contributed by atoms with Crippen molar-refractivity contribution >= 4 is 53.8 Å². The fraction of sp³-hybridized carbons (Fsp3) is 0.172. The molecule has 0 saturated heterocycles. The minimum atomic E-state index is -4.68. The van der Waals surface area contributed by atoms with Gasteiger partial charge in [0.25, 0.3) is 11.4 Å². The first kappa shape index (κ1) is 32.7. The predicted molar refractivity (Wildman–Crippen MR) is 167 cm³/mol. The maximum absolute atomic E-state index is 13.2. The lowest BCUT2D eigenvalue weighted by atomic mass is 10.2. The molecule has 4 aromatic rings. The second-order valence-electron chi connectivity index (χ2n) is 9.33. The van der Waals surface area contributed by atoms with E-state index in [1.807, 2.05) is 0 Å². The second kappa shape index (κ2) is 13.6. The van der Waals surface area contributed by atoms with Gasteiger partial charge in [0.2, 0.25) is 0 Å². The maximum atomic E-state index is 13.2. The number of nitrogens with one attached hydrogen (secondary N) is 2. The summed E-state index contributed by atoms with van der Waals surface area (Å²) in [6, 6.07) is 19.2. The lowest BCUT2D eigenvalue weighted by Gasteiger charge is -2.14. The molecular weight excluding hydrogens is 628 g/mol. The van der Waals surface area contributed by atoms with Gasteiger partial charge in [-0.15, -0.1) is 0 Å². The summed E-state index contributed by atoms with van der Waals surface area (Å²) in [5.74, 6) is 0.816. The predicted octanol–water partition coefficient (Wildman–Crippen LogP) is 5.99. The number of rotatable bonds is 14. The summed E-state index contributed by atoms with van der Waals surface area (Å²) in [5, 5.41) is 28.0. The molecule has 45 heavy (non-hydrogen) atoms. The van der Waals surface area contributed by atoms with Crippen molar-refractivity contribution in [2.75, 3.05) is 28.9 Å². The smallest absolute Gasteiger partial charge is 0.293 e. The van der Waals surface area contributed by atoms with E-state index in [1.54, 1.807) is 62.4 Å². The number of sulfone groups is 2. The third-order valence-corrected chi connectivity index (χ3v) is 10.7. The molecule has 0 unspecified atom stereocenters. The summed E-state index contributed by atoms with van der Waals surface area (Å²) in [6.07, 6.45) is 0. The van der Waals surface area contributed by atoms with E-state index in [-0.39, 0.29) is 11.4 Å². The molecule has 0 bridgehead atoms. The Labute approximate surface area is 258 Å². The average Bonchev–Trinajstić information content (AvgIpc) is 2.99. The van der Waals surface area contributed by atoms with Gasteiger partial charge in [0.15, 0.2) is 24.8 Å². The Hall–Kier alpha value is -5.22. The van der Waals surface area contributed by atoms with Gasteiger partial charge in [-0.3, -0.25) is 20.2 Å². The monoisotopic (exact) mass is 656 g/mol. The Morgan fingerprint density at radius 1 is 0.600 bits per heavy atom. The van der Waals surface area contributed by atoms with Crippen molar-refractivity contribution in [2.24, 2.45) is 0 Å². The molecule has 0 amide bonds. The van der Waals surface area contributed by atoms with Crippen molar-refractivity contribution in [2.45, 2.75) is 23.6 Å². The minimum absolute atomic E-state index is 0.0569. The zero-order valence-corrected chi connectivity index (χ0v) is 25.6. The molecular formula is C29H28N4O10S2. The molecule has 0 heterocycles. The summed E-state index contributed by atoms with van der Waals surface area (Å²) >= 11 is 0. The van der Waals surface area contributed by atoms with Crippen LogP contribution in [0, 0.1) is 20.2 Å². The zero-order valence-electron chi connectivity index (χ0n) is 24.0. The molecule has 0 spiro atoms. The second-order valence-corrected chi connectivity index (χ2v) is 13.7. The van der Waals surface area contributed by atoms with E-state index in [0.29, 0.717) is 36.1 Å². The highest BCUT2D eigenvalue weighted by Crippen LogP contribution is 2.36. The van der Waals surface area contributed by atoms with Gasteiger partial charge >= 0.3 is 0 Å². The van der Waals surface area contributed by atoms with Crippen molar-refractivity contribution in [3.05, 3.63) is 105 Å². The number of ether oxygens (including phenoxy) is 2. The molecule has 2 N–H and O–H groups in total. The number of nitro groups is 2. The van der Waals surface area contributed by atoms with Crippen LogP contribution in [0.15, 0.2) is 94.7 Å². The van der Waals surface area contributed by atoms with E-state index in [9.17, 15) is 37.1 Å². The van der Waals surface area contributed by atoms with Crippen molar-refractivity contribution in [1.82, 2.24) is 0 Å². The van der Waals surface area contributed by atoms with Gasteiger partial charge in [-0.05, 0) is 62.4 Å². The third kappa shape index (κ3) is 7.66. The molecule has 0 atom stereocenters. The fourth-order valence-electron chi connectivity index (χ4n) is 4.26. The molecule has 0 aliphatic carbocycles. The van der Waals surface area contributed by atoms with E-state index < -0.39 is 55.8 Å². The van der Waals surface area contributed by atoms with Crippen molar-refractivity contribution in [3.8, 4) is 11.5 Å². The minimum Gasteiger partial charge on any atom is -0.492 e. The third-order valence-electron chi connectivity index (χ3n) is 6.27. The van der Waals surface area contributed by atoms with Crippen LogP contribution in [0.2, 0.25) is 0 Å². The van der Waals surface area contributed by atoms with Gasteiger partial charge in [-0.25, -0.2) is 16.8 Å². The number of hydrogen-bond acceptors (Lipinski definition) is 12. The van der Waals surface area contributed by atoms with E-state index in [2.05, 4.69) is 10.6 Å². The molecule has 0 radical (unpaired) electrons. The fourth-order valence-corrected chi connectivity index (χ4v) is 8.11. The molecule has 0 fully saturated rings. The molecule has 0 aromatic heterocycles. The van der Waals surface area contributed by atoms with Gasteiger partial charge in [-0.1, -0.05) is 24.3 Å². The van der Waals surface area contributed by atoms with Gasteiger partial charge < -0.3 is 20.1 Å². The van der Waals surface area contributed by atoms with Crippen LogP contribution in [0.25, 0.3) is 0 Å². The highest BCUT2D eigenvalue weighted by Gasteiger charge is 2.30. The molecule has 4 aromatic carbocycles.